The van der Waals surface area contributed by atoms with Gasteiger partial charge in [-0.2, -0.15) is 24.9 Å². The summed E-state index contributed by atoms with van der Waals surface area (Å²) in [7, 11) is -7.15. The van der Waals surface area contributed by atoms with Gasteiger partial charge in [-0.1, -0.05) is 12.1 Å². The van der Waals surface area contributed by atoms with E-state index in [9.17, 15) is 39.6 Å². The molecule has 0 aliphatic rings. The first kappa shape index (κ1) is 42.2. The van der Waals surface area contributed by atoms with Gasteiger partial charge in [0, 0.05) is 40.2 Å². The minimum absolute atomic E-state index is 0.00601. The van der Waals surface area contributed by atoms with Gasteiger partial charge in [-0.25, -0.2) is 26.6 Å². The number of carbonyl (C=O) groups is 1. The Hall–Kier alpha value is -3.19. The molecule has 0 fully saturated rings. The van der Waals surface area contributed by atoms with Crippen LogP contribution in [0.15, 0.2) is 51.8 Å². The minimum atomic E-state index is -4.52. The summed E-state index contributed by atoms with van der Waals surface area (Å²) in [6.45, 7) is 7.94. The molecule has 0 radical (unpaired) electrons. The van der Waals surface area contributed by atoms with E-state index in [2.05, 4.69) is 4.98 Å². The first-order valence-corrected chi connectivity index (χ1v) is 20.6. The Morgan fingerprint density at radius 3 is 2.00 bits per heavy atom. The molecule has 18 heteroatoms. The molecule has 0 aliphatic carbocycles. The second-order valence-electron chi connectivity index (χ2n) is 13.7. The maximum atomic E-state index is 12.9. The van der Waals surface area contributed by atoms with Crippen LogP contribution in [0.25, 0.3) is 22.1 Å². The lowest BCUT2D eigenvalue weighted by Gasteiger charge is -2.42. The summed E-state index contributed by atoms with van der Waals surface area (Å²) in [6, 6.07) is 6.78. The molecule has 0 saturated carbocycles. The average Bonchev–Trinajstić information content (AvgIpc) is 2.98. The highest BCUT2D eigenvalue weighted by atomic mass is 32.2. The number of benzene rings is 1. The van der Waals surface area contributed by atoms with Gasteiger partial charge in [0.25, 0.3) is 0 Å². The molecule has 0 amide bonds. The molecule has 0 aliphatic heterocycles. The molecule has 0 bridgehead atoms. The fourth-order valence-corrected chi connectivity index (χ4v) is 9.17. The van der Waals surface area contributed by atoms with E-state index in [0.717, 1.165) is 23.9 Å². The highest BCUT2D eigenvalue weighted by Crippen LogP contribution is 2.36. The minimum Gasteiger partial charge on any atom is -0.476 e. The number of esters is 1. The van der Waals surface area contributed by atoms with Gasteiger partial charge in [-0.05, 0) is 64.8 Å². The second kappa shape index (κ2) is 16.2. The molecular formula is C33H44F3N3O9S3. The Kier molecular flexibility index (Phi) is 13.4. The van der Waals surface area contributed by atoms with Crippen molar-refractivity contribution in [2.24, 2.45) is 16.9 Å². The normalized spacial score (nSPS) is 14.3. The van der Waals surface area contributed by atoms with Gasteiger partial charge >= 0.3 is 17.8 Å². The van der Waals surface area contributed by atoms with Crippen molar-refractivity contribution in [2.45, 2.75) is 58.3 Å². The van der Waals surface area contributed by atoms with Crippen molar-refractivity contribution < 1.29 is 48.7 Å². The Bertz CT molecular complexity index is 1960. The van der Waals surface area contributed by atoms with E-state index in [1.807, 2.05) is 0 Å². The van der Waals surface area contributed by atoms with E-state index in [1.54, 1.807) is 34.6 Å². The molecule has 2 aromatic heterocycles. The van der Waals surface area contributed by atoms with Gasteiger partial charge in [0.1, 0.15) is 18.8 Å². The molecule has 2 heterocycles. The summed E-state index contributed by atoms with van der Waals surface area (Å²) in [5, 5.41) is 0.370. The van der Waals surface area contributed by atoms with Crippen LogP contribution in [-0.4, -0.2) is 86.6 Å². The summed E-state index contributed by atoms with van der Waals surface area (Å²) >= 11 is 1.15. The molecule has 51 heavy (non-hydrogen) atoms. The Labute approximate surface area is 299 Å². The van der Waals surface area contributed by atoms with Crippen molar-refractivity contribution in [3.05, 3.63) is 58.6 Å². The molecule has 4 N–H and O–H groups in total. The quantitative estimate of drug-likeness (QED) is 0.138. The Balaban J connectivity index is 1.41. The number of fused-ring (bicyclic) bond motifs is 1. The van der Waals surface area contributed by atoms with Crippen LogP contribution in [-0.2, 0) is 35.4 Å². The third kappa shape index (κ3) is 12.5. The molecular weight excluding hydrogens is 736 g/mol. The largest absolute Gasteiger partial charge is 0.476 e. The Morgan fingerprint density at radius 2 is 1.45 bits per heavy atom. The number of hydrogen-bond donors (Lipinski definition) is 2. The van der Waals surface area contributed by atoms with E-state index in [0.29, 0.717) is 11.8 Å². The lowest BCUT2D eigenvalue weighted by molar-refractivity contribution is -0.157. The van der Waals surface area contributed by atoms with Gasteiger partial charge < -0.3 is 25.4 Å². The van der Waals surface area contributed by atoms with Crippen LogP contribution in [0.2, 0.25) is 0 Å². The number of rotatable bonds is 18. The maximum Gasteiger partial charge on any atom is 0.416 e. The Morgan fingerprint density at radius 1 is 0.882 bits per heavy atom. The molecule has 0 saturated heterocycles. The van der Waals surface area contributed by atoms with Crippen molar-refractivity contribution >= 4 is 48.4 Å². The highest BCUT2D eigenvalue weighted by molar-refractivity contribution is 8.01. The standard InChI is InChI=1S/C33H44F3N3O9S3/c1-30(2,37)21-32(5,38)31(3,4)29(41)47-11-15-51(44,45)17-13-49-12-16-50(42,43)14-10-46-27-19-26-23(20-39-27)18-25(28(40)48-26)22-6-8-24(9-7-22)33(34,35)36/h6-9,18-20H,10-17,21,37-38H2,1-5H3. The molecule has 1 unspecified atom stereocenters. The first-order chi connectivity index (χ1) is 23.3. The van der Waals surface area contributed by atoms with Crippen LogP contribution in [0.5, 0.6) is 5.88 Å². The van der Waals surface area contributed by atoms with Gasteiger partial charge in [-0.3, -0.25) is 4.79 Å². The van der Waals surface area contributed by atoms with Crippen LogP contribution >= 0.6 is 11.8 Å². The number of hydrogen-bond acceptors (Lipinski definition) is 13. The zero-order chi connectivity index (χ0) is 38.5. The second-order valence-corrected chi connectivity index (χ2v) is 19.5. The van der Waals surface area contributed by atoms with Gasteiger partial charge in [-0.15, -0.1) is 0 Å². The average molecular weight is 780 g/mol. The van der Waals surface area contributed by atoms with Crippen molar-refractivity contribution in [1.29, 1.82) is 0 Å². The first-order valence-electron chi connectivity index (χ1n) is 15.8. The van der Waals surface area contributed by atoms with E-state index in [4.69, 9.17) is 25.4 Å². The van der Waals surface area contributed by atoms with Crippen molar-refractivity contribution in [3.63, 3.8) is 0 Å². The van der Waals surface area contributed by atoms with Crippen LogP contribution in [0.1, 0.15) is 46.6 Å². The van der Waals surface area contributed by atoms with Crippen molar-refractivity contribution in [1.82, 2.24) is 4.98 Å². The number of halogens is 3. The lowest BCUT2D eigenvalue weighted by atomic mass is 9.68. The van der Waals surface area contributed by atoms with E-state index >= 15 is 0 Å². The van der Waals surface area contributed by atoms with Crippen LogP contribution in [0, 0.1) is 5.41 Å². The number of thioether (sulfide) groups is 1. The molecule has 12 nitrogen and oxygen atoms in total. The van der Waals surface area contributed by atoms with Gasteiger partial charge in [0.15, 0.2) is 19.7 Å². The van der Waals surface area contributed by atoms with Crippen LogP contribution in [0.3, 0.4) is 0 Å². The fourth-order valence-electron chi connectivity index (χ4n) is 4.91. The third-order valence-corrected chi connectivity index (χ3v) is 13.0. The number of carbonyl (C=O) groups excluding carboxylic acids is 1. The smallest absolute Gasteiger partial charge is 0.416 e. The predicted molar refractivity (Wildman–Crippen MR) is 191 cm³/mol. The predicted octanol–water partition coefficient (Wildman–Crippen LogP) is 4.23. The zero-order valence-corrected chi connectivity index (χ0v) is 31.5. The van der Waals surface area contributed by atoms with E-state index in [-0.39, 0.29) is 70.3 Å². The summed E-state index contributed by atoms with van der Waals surface area (Å²) in [4.78, 5) is 29.4. The topological polar surface area (TPSA) is 199 Å². The molecule has 284 valence electrons. The van der Waals surface area contributed by atoms with Crippen LogP contribution in [0.4, 0.5) is 13.2 Å². The van der Waals surface area contributed by atoms with Gasteiger partial charge in [0.2, 0.25) is 5.88 Å². The lowest BCUT2D eigenvalue weighted by Crippen LogP contribution is -2.59. The monoisotopic (exact) mass is 779 g/mol. The number of pyridine rings is 1. The molecule has 1 aromatic carbocycles. The summed E-state index contributed by atoms with van der Waals surface area (Å²) in [5.74, 6) is -1.54. The van der Waals surface area contributed by atoms with E-state index < -0.39 is 59.5 Å². The highest BCUT2D eigenvalue weighted by Gasteiger charge is 2.47. The number of nitrogens with two attached hydrogens (primary N) is 2. The number of sulfone groups is 2. The van der Waals surface area contributed by atoms with Gasteiger partial charge in [0.05, 0.1) is 39.6 Å². The SMILES string of the molecule is CC(C)(N)CC(C)(N)C(C)(C)C(=O)OCCS(=O)(=O)CCSCCS(=O)(=O)CCOc1cc2oc(=O)c(-c3ccc(C(F)(F)F)cc3)cc2cn1. The fraction of sp³-hybridized carbons (Fsp3) is 0.545. The molecule has 3 rings (SSSR count). The van der Waals surface area contributed by atoms with E-state index in [1.165, 1.54) is 30.5 Å². The number of aromatic nitrogens is 1. The van der Waals surface area contributed by atoms with Crippen molar-refractivity contribution in [2.75, 3.05) is 47.7 Å². The number of alkyl halides is 3. The summed E-state index contributed by atoms with van der Waals surface area (Å²) in [6.07, 6.45) is -2.87. The molecule has 3 aromatic rings. The summed E-state index contributed by atoms with van der Waals surface area (Å²) in [5.41, 5.74) is 8.39. The summed E-state index contributed by atoms with van der Waals surface area (Å²) < 4.78 is 105. The van der Waals surface area contributed by atoms with Crippen molar-refractivity contribution in [3.8, 4) is 17.0 Å². The number of ether oxygens (including phenoxy) is 2. The zero-order valence-electron chi connectivity index (χ0n) is 29.0. The molecule has 0 spiro atoms. The number of nitrogens with zero attached hydrogens (tertiary/aromatic N) is 1. The maximum absolute atomic E-state index is 12.9. The molecule has 1 atom stereocenters. The third-order valence-electron chi connectivity index (χ3n) is 8.23. The van der Waals surface area contributed by atoms with Crippen LogP contribution < -0.4 is 21.8 Å².